The molecule has 1 aromatic heterocycles. The highest BCUT2D eigenvalue weighted by atomic mass is 14.7. The standard InChI is InChI=1S/C19H15N/c1-2-15-6-5-7-18(14-15)16-9-11-17(12-10-16)19-8-3-4-13-20-19/h2-14H,1H2. The van der Waals surface area contributed by atoms with Gasteiger partial charge in [-0.3, -0.25) is 4.98 Å². The second kappa shape index (κ2) is 5.54. The molecule has 2 aromatic carbocycles. The Kier molecular flexibility index (Phi) is 3.42. The molecule has 1 heteroatoms. The predicted molar refractivity (Wildman–Crippen MR) is 85.2 cm³/mol. The lowest BCUT2D eigenvalue weighted by Crippen LogP contribution is -1.83. The van der Waals surface area contributed by atoms with Gasteiger partial charge in [-0.2, -0.15) is 0 Å². The lowest BCUT2D eigenvalue weighted by molar-refractivity contribution is 1.33. The Morgan fingerprint density at radius 3 is 2.25 bits per heavy atom. The van der Waals surface area contributed by atoms with Gasteiger partial charge in [-0.1, -0.05) is 61.2 Å². The first-order valence-electron chi connectivity index (χ1n) is 6.61. The molecule has 1 heterocycles. The van der Waals surface area contributed by atoms with Crippen molar-refractivity contribution in [3.05, 3.63) is 85.1 Å². The first-order valence-corrected chi connectivity index (χ1v) is 6.61. The highest BCUT2D eigenvalue weighted by Crippen LogP contribution is 2.24. The van der Waals surface area contributed by atoms with E-state index in [-0.39, 0.29) is 0 Å². The molecule has 0 amide bonds. The van der Waals surface area contributed by atoms with Gasteiger partial charge in [0.2, 0.25) is 0 Å². The number of hydrogen-bond donors (Lipinski definition) is 0. The number of benzene rings is 2. The molecule has 20 heavy (non-hydrogen) atoms. The van der Waals surface area contributed by atoms with Gasteiger partial charge >= 0.3 is 0 Å². The minimum Gasteiger partial charge on any atom is -0.256 e. The Hall–Kier alpha value is -2.67. The number of aromatic nitrogens is 1. The summed E-state index contributed by atoms with van der Waals surface area (Å²) in [6.45, 7) is 3.81. The van der Waals surface area contributed by atoms with Crippen molar-refractivity contribution < 1.29 is 0 Å². The molecular formula is C19H15N. The van der Waals surface area contributed by atoms with Crippen molar-refractivity contribution in [1.29, 1.82) is 0 Å². The van der Waals surface area contributed by atoms with Crippen molar-refractivity contribution in [1.82, 2.24) is 4.98 Å². The second-order valence-electron chi connectivity index (χ2n) is 4.62. The van der Waals surface area contributed by atoms with E-state index in [0.29, 0.717) is 0 Å². The van der Waals surface area contributed by atoms with E-state index >= 15 is 0 Å². The van der Waals surface area contributed by atoms with Crippen LogP contribution in [0.4, 0.5) is 0 Å². The van der Waals surface area contributed by atoms with E-state index in [1.807, 2.05) is 30.5 Å². The molecular weight excluding hydrogens is 242 g/mol. The Labute approximate surface area is 119 Å². The van der Waals surface area contributed by atoms with Crippen LogP contribution in [-0.2, 0) is 0 Å². The van der Waals surface area contributed by atoms with Crippen molar-refractivity contribution >= 4 is 6.08 Å². The van der Waals surface area contributed by atoms with Crippen molar-refractivity contribution in [3.63, 3.8) is 0 Å². The topological polar surface area (TPSA) is 12.9 Å². The van der Waals surface area contributed by atoms with Gasteiger partial charge in [0.25, 0.3) is 0 Å². The van der Waals surface area contributed by atoms with Gasteiger partial charge in [0.05, 0.1) is 5.69 Å². The van der Waals surface area contributed by atoms with Crippen molar-refractivity contribution in [2.75, 3.05) is 0 Å². The molecule has 0 saturated heterocycles. The first-order chi connectivity index (χ1) is 9.86. The fourth-order valence-corrected chi connectivity index (χ4v) is 2.21. The first kappa shape index (κ1) is 12.4. The van der Waals surface area contributed by atoms with Crippen molar-refractivity contribution in [2.45, 2.75) is 0 Å². The molecule has 3 aromatic rings. The molecule has 96 valence electrons. The summed E-state index contributed by atoms with van der Waals surface area (Å²) < 4.78 is 0. The van der Waals surface area contributed by atoms with Crippen molar-refractivity contribution in [3.8, 4) is 22.4 Å². The lowest BCUT2D eigenvalue weighted by Gasteiger charge is -2.05. The zero-order valence-electron chi connectivity index (χ0n) is 11.2. The van der Waals surface area contributed by atoms with Crippen LogP contribution in [0.3, 0.4) is 0 Å². The minimum absolute atomic E-state index is 0.999. The molecule has 1 nitrogen and oxygen atoms in total. The van der Waals surface area contributed by atoms with Crippen LogP contribution in [0, 0.1) is 0 Å². The third-order valence-electron chi connectivity index (χ3n) is 3.30. The van der Waals surface area contributed by atoms with Crippen LogP contribution in [0.5, 0.6) is 0 Å². The number of rotatable bonds is 3. The molecule has 0 spiro atoms. The largest absolute Gasteiger partial charge is 0.256 e. The van der Waals surface area contributed by atoms with E-state index in [1.54, 1.807) is 0 Å². The van der Waals surface area contributed by atoms with Gasteiger partial charge < -0.3 is 0 Å². The maximum Gasteiger partial charge on any atom is 0.0701 e. The fourth-order valence-electron chi connectivity index (χ4n) is 2.21. The van der Waals surface area contributed by atoms with Gasteiger partial charge in [0.1, 0.15) is 0 Å². The average molecular weight is 257 g/mol. The maximum atomic E-state index is 4.37. The number of nitrogens with zero attached hydrogens (tertiary/aromatic N) is 1. The fraction of sp³-hybridized carbons (Fsp3) is 0. The maximum absolute atomic E-state index is 4.37. The molecule has 0 fully saturated rings. The second-order valence-corrected chi connectivity index (χ2v) is 4.62. The highest BCUT2D eigenvalue weighted by molar-refractivity contribution is 5.70. The quantitative estimate of drug-likeness (QED) is 0.639. The van der Waals surface area contributed by atoms with Crippen LogP contribution in [0.15, 0.2) is 79.5 Å². The number of hydrogen-bond acceptors (Lipinski definition) is 1. The van der Waals surface area contributed by atoms with E-state index in [0.717, 1.165) is 16.8 Å². The summed E-state index contributed by atoms with van der Waals surface area (Å²) >= 11 is 0. The van der Waals surface area contributed by atoms with Crippen LogP contribution in [0.1, 0.15) is 5.56 Å². The summed E-state index contributed by atoms with van der Waals surface area (Å²) in [7, 11) is 0. The zero-order valence-corrected chi connectivity index (χ0v) is 11.2. The molecule has 0 aliphatic carbocycles. The van der Waals surface area contributed by atoms with Crippen LogP contribution >= 0.6 is 0 Å². The Bertz CT molecular complexity index is 712. The lowest BCUT2D eigenvalue weighted by atomic mass is 10.0. The molecule has 3 rings (SSSR count). The number of pyridine rings is 1. The molecule has 0 unspecified atom stereocenters. The summed E-state index contributed by atoms with van der Waals surface area (Å²) in [5.41, 5.74) is 5.67. The van der Waals surface area contributed by atoms with Gasteiger partial charge in [0.15, 0.2) is 0 Å². The smallest absolute Gasteiger partial charge is 0.0701 e. The Morgan fingerprint density at radius 2 is 1.55 bits per heavy atom. The van der Waals surface area contributed by atoms with E-state index in [4.69, 9.17) is 0 Å². The highest BCUT2D eigenvalue weighted by Gasteiger charge is 2.01. The van der Waals surface area contributed by atoms with E-state index < -0.39 is 0 Å². The van der Waals surface area contributed by atoms with E-state index in [2.05, 4.69) is 60.1 Å². The average Bonchev–Trinajstić information content (AvgIpc) is 2.56. The van der Waals surface area contributed by atoms with E-state index in [9.17, 15) is 0 Å². The molecule has 0 saturated carbocycles. The summed E-state index contributed by atoms with van der Waals surface area (Å²) in [6, 6.07) is 22.8. The van der Waals surface area contributed by atoms with Gasteiger partial charge in [0, 0.05) is 11.8 Å². The summed E-state index contributed by atoms with van der Waals surface area (Å²) in [4.78, 5) is 4.37. The van der Waals surface area contributed by atoms with Crippen LogP contribution < -0.4 is 0 Å². The molecule has 0 aliphatic heterocycles. The van der Waals surface area contributed by atoms with Gasteiger partial charge in [-0.15, -0.1) is 0 Å². The Balaban J connectivity index is 1.95. The SMILES string of the molecule is C=Cc1cccc(-c2ccc(-c3ccccn3)cc2)c1. The van der Waals surface area contributed by atoms with Gasteiger partial charge in [-0.05, 0) is 34.9 Å². The predicted octanol–water partition coefficient (Wildman–Crippen LogP) is 5.06. The minimum atomic E-state index is 0.999. The van der Waals surface area contributed by atoms with Crippen LogP contribution in [-0.4, -0.2) is 4.98 Å². The summed E-state index contributed by atoms with van der Waals surface area (Å²) in [5.74, 6) is 0. The molecule has 0 N–H and O–H groups in total. The third kappa shape index (κ3) is 2.52. The Morgan fingerprint density at radius 1 is 0.750 bits per heavy atom. The summed E-state index contributed by atoms with van der Waals surface area (Å²) in [6.07, 6.45) is 3.68. The van der Waals surface area contributed by atoms with Gasteiger partial charge in [-0.25, -0.2) is 0 Å². The van der Waals surface area contributed by atoms with Crippen molar-refractivity contribution in [2.24, 2.45) is 0 Å². The molecule has 0 atom stereocenters. The molecule has 0 radical (unpaired) electrons. The monoisotopic (exact) mass is 257 g/mol. The van der Waals surface area contributed by atoms with Crippen LogP contribution in [0.2, 0.25) is 0 Å². The summed E-state index contributed by atoms with van der Waals surface area (Å²) in [5, 5.41) is 0. The molecule has 0 bridgehead atoms. The normalized spacial score (nSPS) is 10.2. The third-order valence-corrected chi connectivity index (χ3v) is 3.30. The van der Waals surface area contributed by atoms with E-state index in [1.165, 1.54) is 11.1 Å². The zero-order chi connectivity index (χ0) is 13.8. The van der Waals surface area contributed by atoms with Crippen LogP contribution in [0.25, 0.3) is 28.5 Å². The molecule has 0 aliphatic rings.